The van der Waals surface area contributed by atoms with E-state index in [1.807, 2.05) is 0 Å². The van der Waals surface area contributed by atoms with E-state index in [2.05, 4.69) is 26.6 Å². The van der Waals surface area contributed by atoms with Crippen LogP contribution in [-0.2, 0) is 4.79 Å². The highest BCUT2D eigenvalue weighted by atomic mass is 79.9. The van der Waals surface area contributed by atoms with Gasteiger partial charge in [0.25, 0.3) is 0 Å². The Bertz CT molecular complexity index is 662. The normalized spacial score (nSPS) is 10.3. The lowest BCUT2D eigenvalue weighted by molar-refractivity contribution is -0.114. The number of carbonyl (C=O) groups is 1. The van der Waals surface area contributed by atoms with Crippen LogP contribution in [0.5, 0.6) is 0 Å². The second kappa shape index (κ2) is 6.62. The van der Waals surface area contributed by atoms with Crippen LogP contribution in [0.25, 0.3) is 0 Å². The zero-order valence-corrected chi connectivity index (χ0v) is 12.2. The molecule has 0 aliphatic carbocycles. The van der Waals surface area contributed by atoms with Crippen LogP contribution in [0, 0.1) is 17.5 Å². The van der Waals surface area contributed by atoms with E-state index >= 15 is 0 Å². The average molecular weight is 359 g/mol. The molecule has 0 spiro atoms. The SMILES string of the molecule is O=C(CNc1cc(F)c(F)cc1F)Nc1ccc(Br)cc1. The summed E-state index contributed by atoms with van der Waals surface area (Å²) in [5, 5.41) is 4.98. The molecule has 0 atom stereocenters. The topological polar surface area (TPSA) is 41.1 Å². The van der Waals surface area contributed by atoms with Crippen molar-refractivity contribution < 1.29 is 18.0 Å². The third kappa shape index (κ3) is 4.22. The molecule has 0 aliphatic rings. The summed E-state index contributed by atoms with van der Waals surface area (Å²) < 4.78 is 39.9. The molecule has 2 rings (SSSR count). The van der Waals surface area contributed by atoms with Gasteiger partial charge in [0, 0.05) is 22.3 Å². The molecule has 2 aromatic rings. The number of benzene rings is 2. The van der Waals surface area contributed by atoms with Crippen molar-refractivity contribution >= 4 is 33.2 Å². The number of halogens is 4. The first-order chi connectivity index (χ1) is 9.95. The summed E-state index contributed by atoms with van der Waals surface area (Å²) in [6, 6.07) is 7.94. The predicted molar refractivity (Wildman–Crippen MR) is 77.6 cm³/mol. The van der Waals surface area contributed by atoms with E-state index in [0.29, 0.717) is 17.8 Å². The molecule has 0 fully saturated rings. The number of hydrogen-bond acceptors (Lipinski definition) is 2. The second-order valence-electron chi connectivity index (χ2n) is 4.15. The molecule has 0 saturated carbocycles. The molecule has 0 aliphatic heterocycles. The summed E-state index contributed by atoms with van der Waals surface area (Å²) in [5.41, 5.74) is 0.288. The number of anilines is 2. The van der Waals surface area contributed by atoms with Crippen LogP contribution < -0.4 is 10.6 Å². The van der Waals surface area contributed by atoms with Crippen LogP contribution in [0.2, 0.25) is 0 Å². The fourth-order valence-corrected chi connectivity index (χ4v) is 1.84. The summed E-state index contributed by atoms with van der Waals surface area (Å²) in [6.45, 7) is -0.280. The van der Waals surface area contributed by atoms with Gasteiger partial charge >= 0.3 is 0 Å². The average Bonchev–Trinajstić information content (AvgIpc) is 2.44. The lowest BCUT2D eigenvalue weighted by Crippen LogP contribution is -2.22. The first-order valence-corrected chi connectivity index (χ1v) is 6.69. The maximum absolute atomic E-state index is 13.3. The summed E-state index contributed by atoms with van der Waals surface area (Å²) in [4.78, 5) is 11.7. The van der Waals surface area contributed by atoms with Crippen LogP contribution in [0.1, 0.15) is 0 Å². The number of rotatable bonds is 4. The highest BCUT2D eigenvalue weighted by Gasteiger charge is 2.10. The van der Waals surface area contributed by atoms with Gasteiger partial charge in [0.1, 0.15) is 5.82 Å². The van der Waals surface area contributed by atoms with E-state index in [9.17, 15) is 18.0 Å². The lowest BCUT2D eigenvalue weighted by Gasteiger charge is -2.09. The van der Waals surface area contributed by atoms with Crippen LogP contribution in [0.4, 0.5) is 24.5 Å². The molecular weight excluding hydrogens is 349 g/mol. The first kappa shape index (κ1) is 15.4. The fourth-order valence-electron chi connectivity index (χ4n) is 1.57. The number of carbonyl (C=O) groups excluding carboxylic acids is 1. The minimum absolute atomic E-state index is 0.278. The maximum Gasteiger partial charge on any atom is 0.243 e. The van der Waals surface area contributed by atoms with Crippen molar-refractivity contribution in [3.63, 3.8) is 0 Å². The highest BCUT2D eigenvalue weighted by Crippen LogP contribution is 2.18. The predicted octanol–water partition coefficient (Wildman–Crippen LogP) is 3.92. The number of amides is 1. The Balaban J connectivity index is 1.95. The molecule has 0 unspecified atom stereocenters. The molecule has 7 heteroatoms. The minimum Gasteiger partial charge on any atom is -0.374 e. The maximum atomic E-state index is 13.3. The smallest absolute Gasteiger partial charge is 0.243 e. The molecular formula is C14H10BrF3N2O. The summed E-state index contributed by atoms with van der Waals surface area (Å²) in [7, 11) is 0. The molecule has 3 nitrogen and oxygen atoms in total. The van der Waals surface area contributed by atoms with Crippen LogP contribution >= 0.6 is 15.9 Å². The van der Waals surface area contributed by atoms with Gasteiger partial charge in [-0.3, -0.25) is 4.79 Å². The highest BCUT2D eigenvalue weighted by molar-refractivity contribution is 9.10. The van der Waals surface area contributed by atoms with Crippen molar-refractivity contribution in [1.82, 2.24) is 0 Å². The van der Waals surface area contributed by atoms with Crippen molar-refractivity contribution in [1.29, 1.82) is 0 Å². The third-order valence-electron chi connectivity index (χ3n) is 2.58. The Labute approximate surface area is 127 Å². The Kier molecular flexibility index (Phi) is 4.85. The van der Waals surface area contributed by atoms with Gasteiger partial charge in [0.15, 0.2) is 11.6 Å². The van der Waals surface area contributed by atoms with Gasteiger partial charge in [-0.2, -0.15) is 0 Å². The molecule has 0 bridgehead atoms. The van der Waals surface area contributed by atoms with Crippen LogP contribution in [0.3, 0.4) is 0 Å². The molecule has 0 aromatic heterocycles. The standard InChI is InChI=1S/C14H10BrF3N2O/c15-8-1-3-9(4-2-8)20-14(21)7-19-13-6-11(17)10(16)5-12(13)18/h1-6,19H,7H2,(H,20,21). The zero-order chi connectivity index (χ0) is 15.4. The van der Waals surface area contributed by atoms with E-state index in [1.54, 1.807) is 24.3 Å². The van der Waals surface area contributed by atoms with Gasteiger partial charge in [-0.15, -0.1) is 0 Å². The Morgan fingerprint density at radius 3 is 2.29 bits per heavy atom. The van der Waals surface area contributed by atoms with Crippen molar-refractivity contribution in [2.45, 2.75) is 0 Å². The monoisotopic (exact) mass is 358 g/mol. The summed E-state index contributed by atoms with van der Waals surface area (Å²) >= 11 is 3.26. The van der Waals surface area contributed by atoms with Crippen molar-refractivity contribution in [2.24, 2.45) is 0 Å². The van der Waals surface area contributed by atoms with E-state index < -0.39 is 23.4 Å². The van der Waals surface area contributed by atoms with E-state index in [-0.39, 0.29) is 12.2 Å². The van der Waals surface area contributed by atoms with E-state index in [1.165, 1.54) is 0 Å². The Morgan fingerprint density at radius 2 is 1.62 bits per heavy atom. The minimum atomic E-state index is -1.28. The van der Waals surface area contributed by atoms with Crippen molar-refractivity contribution in [3.05, 3.63) is 58.3 Å². The number of hydrogen-bond donors (Lipinski definition) is 2. The number of nitrogens with one attached hydrogen (secondary N) is 2. The molecule has 0 radical (unpaired) electrons. The zero-order valence-electron chi connectivity index (χ0n) is 10.6. The summed E-state index contributed by atoms with van der Waals surface area (Å²) in [5.74, 6) is -3.88. The molecule has 21 heavy (non-hydrogen) atoms. The Morgan fingerprint density at radius 1 is 1.00 bits per heavy atom. The van der Waals surface area contributed by atoms with Crippen LogP contribution in [-0.4, -0.2) is 12.5 Å². The van der Waals surface area contributed by atoms with Gasteiger partial charge in [0.05, 0.1) is 12.2 Å². The molecule has 2 aromatic carbocycles. The Hall–Kier alpha value is -2.02. The quantitative estimate of drug-likeness (QED) is 0.813. The second-order valence-corrected chi connectivity index (χ2v) is 5.07. The van der Waals surface area contributed by atoms with Crippen molar-refractivity contribution in [2.75, 3.05) is 17.2 Å². The lowest BCUT2D eigenvalue weighted by atomic mass is 10.2. The summed E-state index contributed by atoms with van der Waals surface area (Å²) in [6.07, 6.45) is 0. The van der Waals surface area contributed by atoms with Gasteiger partial charge in [0.2, 0.25) is 5.91 Å². The molecule has 1 amide bonds. The first-order valence-electron chi connectivity index (χ1n) is 5.89. The fraction of sp³-hybridized carbons (Fsp3) is 0.0714. The van der Waals surface area contributed by atoms with Gasteiger partial charge in [-0.25, -0.2) is 13.2 Å². The van der Waals surface area contributed by atoms with Gasteiger partial charge in [-0.1, -0.05) is 15.9 Å². The largest absolute Gasteiger partial charge is 0.374 e. The molecule has 110 valence electrons. The molecule has 0 saturated heterocycles. The van der Waals surface area contributed by atoms with E-state index in [0.717, 1.165) is 4.47 Å². The van der Waals surface area contributed by atoms with Crippen molar-refractivity contribution in [3.8, 4) is 0 Å². The van der Waals surface area contributed by atoms with E-state index in [4.69, 9.17) is 0 Å². The van der Waals surface area contributed by atoms with Crippen LogP contribution in [0.15, 0.2) is 40.9 Å². The molecule has 0 heterocycles. The van der Waals surface area contributed by atoms with Gasteiger partial charge in [-0.05, 0) is 24.3 Å². The molecule has 2 N–H and O–H groups in total. The van der Waals surface area contributed by atoms with Gasteiger partial charge < -0.3 is 10.6 Å². The third-order valence-corrected chi connectivity index (χ3v) is 3.11.